The first-order valence-corrected chi connectivity index (χ1v) is 6.68. The van der Waals surface area contributed by atoms with E-state index in [0.29, 0.717) is 0 Å². The van der Waals surface area contributed by atoms with E-state index < -0.39 is 0 Å². The van der Waals surface area contributed by atoms with E-state index in [2.05, 4.69) is 35.2 Å². The van der Waals surface area contributed by atoms with Crippen LogP contribution in [0.2, 0.25) is 0 Å². The standard InChI is InChI=1S/C15H21N3O/c1-3-7-16-10-13-6-8-17-11-15(13)18(2)12-14-5-4-9-19-14/h4-6,8-9,11,16H,3,7,10,12H2,1-2H3. The van der Waals surface area contributed by atoms with Gasteiger partial charge in [-0.1, -0.05) is 6.92 Å². The summed E-state index contributed by atoms with van der Waals surface area (Å²) >= 11 is 0. The van der Waals surface area contributed by atoms with Gasteiger partial charge in [-0.05, 0) is 36.7 Å². The first-order chi connectivity index (χ1) is 9.31. The van der Waals surface area contributed by atoms with Crippen molar-refractivity contribution in [3.05, 3.63) is 48.2 Å². The van der Waals surface area contributed by atoms with Crippen LogP contribution in [0, 0.1) is 0 Å². The molecule has 2 aromatic heterocycles. The summed E-state index contributed by atoms with van der Waals surface area (Å²) in [7, 11) is 2.06. The van der Waals surface area contributed by atoms with Crippen LogP contribution in [-0.4, -0.2) is 18.6 Å². The summed E-state index contributed by atoms with van der Waals surface area (Å²) < 4.78 is 5.39. The zero-order valence-corrected chi connectivity index (χ0v) is 11.6. The van der Waals surface area contributed by atoms with Crippen molar-refractivity contribution in [3.8, 4) is 0 Å². The van der Waals surface area contributed by atoms with Gasteiger partial charge in [0.05, 0.1) is 24.7 Å². The average Bonchev–Trinajstić information content (AvgIpc) is 2.92. The summed E-state index contributed by atoms with van der Waals surface area (Å²) in [5.74, 6) is 0.957. The Bertz CT molecular complexity index is 482. The lowest BCUT2D eigenvalue weighted by atomic mass is 10.2. The molecule has 0 spiro atoms. The third kappa shape index (κ3) is 3.83. The van der Waals surface area contributed by atoms with Crippen molar-refractivity contribution in [2.75, 3.05) is 18.5 Å². The summed E-state index contributed by atoms with van der Waals surface area (Å²) in [6.07, 6.45) is 6.60. The van der Waals surface area contributed by atoms with Crippen LogP contribution in [0.3, 0.4) is 0 Å². The smallest absolute Gasteiger partial charge is 0.123 e. The van der Waals surface area contributed by atoms with E-state index in [1.54, 1.807) is 6.26 Å². The highest BCUT2D eigenvalue weighted by molar-refractivity contribution is 5.51. The van der Waals surface area contributed by atoms with Crippen molar-refractivity contribution in [1.29, 1.82) is 0 Å². The number of furan rings is 1. The number of nitrogens with one attached hydrogen (secondary N) is 1. The second kappa shape index (κ2) is 6.95. The summed E-state index contributed by atoms with van der Waals surface area (Å²) in [6.45, 7) is 4.82. The van der Waals surface area contributed by atoms with Crippen molar-refractivity contribution in [2.24, 2.45) is 0 Å². The second-order valence-corrected chi connectivity index (χ2v) is 4.62. The van der Waals surface area contributed by atoms with Crippen molar-refractivity contribution in [2.45, 2.75) is 26.4 Å². The van der Waals surface area contributed by atoms with Crippen LogP contribution < -0.4 is 10.2 Å². The molecule has 0 unspecified atom stereocenters. The predicted octanol–water partition coefficient (Wildman–Crippen LogP) is 2.81. The van der Waals surface area contributed by atoms with Crippen LogP contribution in [0.25, 0.3) is 0 Å². The average molecular weight is 259 g/mol. The van der Waals surface area contributed by atoms with Gasteiger partial charge >= 0.3 is 0 Å². The summed E-state index contributed by atoms with van der Waals surface area (Å²) in [5, 5.41) is 3.43. The van der Waals surface area contributed by atoms with E-state index in [1.165, 1.54) is 5.56 Å². The molecule has 4 nitrogen and oxygen atoms in total. The lowest BCUT2D eigenvalue weighted by Gasteiger charge is -2.21. The van der Waals surface area contributed by atoms with Crippen molar-refractivity contribution in [1.82, 2.24) is 10.3 Å². The summed E-state index contributed by atoms with van der Waals surface area (Å²) in [4.78, 5) is 6.39. The SMILES string of the molecule is CCCNCc1ccncc1N(C)Cc1ccco1. The quantitative estimate of drug-likeness (QED) is 0.776. The molecule has 0 aromatic carbocycles. The molecule has 2 rings (SSSR count). The third-order valence-electron chi connectivity index (χ3n) is 3.01. The van der Waals surface area contributed by atoms with E-state index in [4.69, 9.17) is 4.42 Å². The summed E-state index contributed by atoms with van der Waals surface area (Å²) in [6, 6.07) is 5.97. The fraction of sp³-hybridized carbons (Fsp3) is 0.400. The van der Waals surface area contributed by atoms with Gasteiger partial charge in [-0.3, -0.25) is 4.98 Å². The molecule has 0 saturated heterocycles. The minimum atomic E-state index is 0.749. The van der Waals surface area contributed by atoms with Crippen molar-refractivity contribution >= 4 is 5.69 Å². The number of pyridine rings is 1. The molecular formula is C15H21N3O. The van der Waals surface area contributed by atoms with Gasteiger partial charge in [0.2, 0.25) is 0 Å². The fourth-order valence-corrected chi connectivity index (χ4v) is 2.03. The van der Waals surface area contributed by atoms with Crippen LogP contribution in [-0.2, 0) is 13.1 Å². The Balaban J connectivity index is 2.05. The van der Waals surface area contributed by atoms with Gasteiger partial charge in [0.15, 0.2) is 0 Å². The van der Waals surface area contributed by atoms with E-state index in [0.717, 1.165) is 37.5 Å². The Kier molecular flexibility index (Phi) is 4.98. The van der Waals surface area contributed by atoms with E-state index in [-0.39, 0.29) is 0 Å². The number of rotatable bonds is 7. The first-order valence-electron chi connectivity index (χ1n) is 6.68. The molecule has 0 bridgehead atoms. The first kappa shape index (κ1) is 13.6. The highest BCUT2D eigenvalue weighted by atomic mass is 16.3. The molecular weight excluding hydrogens is 238 g/mol. The monoisotopic (exact) mass is 259 g/mol. The Morgan fingerprint density at radius 2 is 2.26 bits per heavy atom. The maximum absolute atomic E-state index is 5.39. The number of hydrogen-bond donors (Lipinski definition) is 1. The molecule has 0 amide bonds. The van der Waals surface area contributed by atoms with Gasteiger partial charge in [-0.15, -0.1) is 0 Å². The minimum absolute atomic E-state index is 0.749. The number of nitrogens with zero attached hydrogens (tertiary/aromatic N) is 2. The molecule has 2 heterocycles. The lowest BCUT2D eigenvalue weighted by molar-refractivity contribution is 0.507. The number of anilines is 1. The molecule has 102 valence electrons. The molecule has 2 aromatic rings. The molecule has 0 aliphatic rings. The molecule has 1 N–H and O–H groups in total. The van der Waals surface area contributed by atoms with Gasteiger partial charge in [0, 0.05) is 19.8 Å². The normalized spacial score (nSPS) is 10.6. The van der Waals surface area contributed by atoms with E-state index in [9.17, 15) is 0 Å². The van der Waals surface area contributed by atoms with Gasteiger partial charge in [-0.2, -0.15) is 0 Å². The molecule has 0 fully saturated rings. The Labute approximate surface area is 114 Å². The molecule has 0 radical (unpaired) electrons. The second-order valence-electron chi connectivity index (χ2n) is 4.62. The van der Waals surface area contributed by atoms with Crippen LogP contribution in [0.15, 0.2) is 41.3 Å². The molecule has 0 aliphatic heterocycles. The Morgan fingerprint density at radius 3 is 3.00 bits per heavy atom. The molecule has 0 atom stereocenters. The van der Waals surface area contributed by atoms with Crippen LogP contribution in [0.5, 0.6) is 0 Å². The van der Waals surface area contributed by atoms with Crippen LogP contribution in [0.4, 0.5) is 5.69 Å². The lowest BCUT2D eigenvalue weighted by Crippen LogP contribution is -2.21. The van der Waals surface area contributed by atoms with Gasteiger partial charge in [0.25, 0.3) is 0 Å². The van der Waals surface area contributed by atoms with Crippen LogP contribution in [0.1, 0.15) is 24.7 Å². The zero-order valence-electron chi connectivity index (χ0n) is 11.6. The van der Waals surface area contributed by atoms with Crippen LogP contribution >= 0.6 is 0 Å². The predicted molar refractivity (Wildman–Crippen MR) is 77.0 cm³/mol. The highest BCUT2D eigenvalue weighted by Crippen LogP contribution is 2.19. The maximum atomic E-state index is 5.39. The largest absolute Gasteiger partial charge is 0.467 e. The highest BCUT2D eigenvalue weighted by Gasteiger charge is 2.09. The fourth-order valence-electron chi connectivity index (χ4n) is 2.03. The maximum Gasteiger partial charge on any atom is 0.123 e. The molecule has 4 heteroatoms. The molecule has 0 aliphatic carbocycles. The Morgan fingerprint density at radius 1 is 1.37 bits per heavy atom. The zero-order chi connectivity index (χ0) is 13.5. The van der Waals surface area contributed by atoms with Crippen molar-refractivity contribution < 1.29 is 4.42 Å². The summed E-state index contributed by atoms with van der Waals surface area (Å²) in [5.41, 5.74) is 2.40. The van der Waals surface area contributed by atoms with Gasteiger partial charge in [-0.25, -0.2) is 0 Å². The van der Waals surface area contributed by atoms with Gasteiger partial charge in [0.1, 0.15) is 5.76 Å². The number of hydrogen-bond acceptors (Lipinski definition) is 4. The third-order valence-corrected chi connectivity index (χ3v) is 3.01. The molecule has 0 saturated carbocycles. The van der Waals surface area contributed by atoms with E-state index in [1.807, 2.05) is 24.5 Å². The van der Waals surface area contributed by atoms with Gasteiger partial charge < -0.3 is 14.6 Å². The van der Waals surface area contributed by atoms with Crippen molar-refractivity contribution in [3.63, 3.8) is 0 Å². The number of aromatic nitrogens is 1. The Hall–Kier alpha value is -1.81. The molecule has 19 heavy (non-hydrogen) atoms. The topological polar surface area (TPSA) is 41.3 Å². The minimum Gasteiger partial charge on any atom is -0.467 e. The van der Waals surface area contributed by atoms with E-state index >= 15 is 0 Å².